The largest absolute Gasteiger partial charge is 0.477 e. The number of carbonyl (C=O) groups is 1. The Kier molecular flexibility index (Phi) is 3.74. The van der Waals surface area contributed by atoms with Crippen LogP contribution in [0.15, 0.2) is 42.5 Å². The van der Waals surface area contributed by atoms with Crippen molar-refractivity contribution in [3.05, 3.63) is 53.7 Å². The molecule has 0 bridgehead atoms. The molecule has 0 aliphatic rings. The number of benzene rings is 1. The first-order chi connectivity index (χ1) is 9.19. The Hall–Kier alpha value is -2.87. The summed E-state index contributed by atoms with van der Waals surface area (Å²) in [5, 5.41) is 20.4. The van der Waals surface area contributed by atoms with Gasteiger partial charge in [0.2, 0.25) is 0 Å². The molecule has 1 aromatic carbocycles. The van der Waals surface area contributed by atoms with Gasteiger partial charge in [0.15, 0.2) is 5.69 Å². The molecule has 0 atom stereocenters. The molecule has 0 amide bonds. The number of aromatic nitrogens is 1. The highest BCUT2D eigenvalue weighted by Crippen LogP contribution is 2.15. The molecule has 5 heteroatoms. The van der Waals surface area contributed by atoms with Crippen LogP contribution in [0, 0.1) is 11.3 Å². The second-order valence-corrected chi connectivity index (χ2v) is 3.87. The van der Waals surface area contributed by atoms with Gasteiger partial charge in [-0.25, -0.2) is 9.78 Å². The normalized spacial score (nSPS) is 9.63. The number of anilines is 2. The van der Waals surface area contributed by atoms with Crippen LogP contribution in [-0.4, -0.2) is 16.1 Å². The highest BCUT2D eigenvalue weighted by atomic mass is 16.4. The van der Waals surface area contributed by atoms with Crippen LogP contribution in [0.2, 0.25) is 0 Å². The fourth-order valence-electron chi connectivity index (χ4n) is 1.57. The quantitative estimate of drug-likeness (QED) is 0.874. The molecular formula is C14H11N3O2. The van der Waals surface area contributed by atoms with Crippen molar-refractivity contribution in [2.45, 2.75) is 6.42 Å². The predicted octanol–water partition coefficient (Wildman–Crippen LogP) is 2.59. The maximum Gasteiger partial charge on any atom is 0.354 e. The van der Waals surface area contributed by atoms with Gasteiger partial charge in [-0.05, 0) is 29.8 Å². The SMILES string of the molecule is N#CCc1ccc(Nc2cccc(C(=O)O)n2)cc1. The van der Waals surface area contributed by atoms with Crippen molar-refractivity contribution in [3.63, 3.8) is 0 Å². The van der Waals surface area contributed by atoms with Crippen molar-refractivity contribution in [2.24, 2.45) is 0 Å². The van der Waals surface area contributed by atoms with E-state index in [9.17, 15) is 4.79 Å². The highest BCUT2D eigenvalue weighted by Gasteiger charge is 2.05. The standard InChI is InChI=1S/C14H11N3O2/c15-9-8-10-4-6-11(7-5-10)16-13-3-1-2-12(17-13)14(18)19/h1-7H,8H2,(H,16,17)(H,18,19). The predicted molar refractivity (Wildman–Crippen MR) is 70.2 cm³/mol. The van der Waals surface area contributed by atoms with Crippen molar-refractivity contribution in [2.75, 3.05) is 5.32 Å². The van der Waals surface area contributed by atoms with E-state index in [0.29, 0.717) is 12.2 Å². The molecule has 0 radical (unpaired) electrons. The van der Waals surface area contributed by atoms with Crippen molar-refractivity contribution < 1.29 is 9.90 Å². The zero-order valence-electron chi connectivity index (χ0n) is 10.00. The molecule has 2 aromatic rings. The van der Waals surface area contributed by atoms with E-state index in [4.69, 9.17) is 10.4 Å². The maximum atomic E-state index is 10.8. The minimum Gasteiger partial charge on any atom is -0.477 e. The number of hydrogen-bond acceptors (Lipinski definition) is 4. The number of carboxylic acids is 1. The van der Waals surface area contributed by atoms with Crippen molar-refractivity contribution >= 4 is 17.5 Å². The van der Waals surface area contributed by atoms with Crippen LogP contribution in [0.4, 0.5) is 11.5 Å². The Morgan fingerprint density at radius 1 is 1.26 bits per heavy atom. The van der Waals surface area contributed by atoms with Gasteiger partial charge >= 0.3 is 5.97 Å². The van der Waals surface area contributed by atoms with E-state index in [-0.39, 0.29) is 5.69 Å². The molecule has 94 valence electrons. The van der Waals surface area contributed by atoms with Gasteiger partial charge in [-0.15, -0.1) is 0 Å². The fraction of sp³-hybridized carbons (Fsp3) is 0.0714. The molecular weight excluding hydrogens is 242 g/mol. The second-order valence-electron chi connectivity index (χ2n) is 3.87. The monoisotopic (exact) mass is 253 g/mol. The minimum atomic E-state index is -1.06. The highest BCUT2D eigenvalue weighted by molar-refractivity contribution is 5.85. The molecule has 0 aliphatic heterocycles. The van der Waals surface area contributed by atoms with Gasteiger partial charge in [0.25, 0.3) is 0 Å². The van der Waals surface area contributed by atoms with Gasteiger partial charge < -0.3 is 10.4 Å². The first-order valence-corrected chi connectivity index (χ1v) is 5.62. The Labute approximate surface area is 110 Å². The molecule has 1 heterocycles. The first-order valence-electron chi connectivity index (χ1n) is 5.62. The summed E-state index contributed by atoms with van der Waals surface area (Å²) >= 11 is 0. The lowest BCUT2D eigenvalue weighted by Crippen LogP contribution is -2.02. The van der Waals surface area contributed by atoms with Crippen molar-refractivity contribution in [1.29, 1.82) is 5.26 Å². The Morgan fingerprint density at radius 3 is 2.63 bits per heavy atom. The number of aromatic carboxylic acids is 1. The molecule has 0 unspecified atom stereocenters. The van der Waals surface area contributed by atoms with Gasteiger partial charge in [-0.3, -0.25) is 0 Å². The number of nitrogens with zero attached hydrogens (tertiary/aromatic N) is 2. The second kappa shape index (κ2) is 5.65. The third-order valence-electron chi connectivity index (χ3n) is 2.48. The summed E-state index contributed by atoms with van der Waals surface area (Å²) in [5.41, 5.74) is 1.71. The van der Waals surface area contributed by atoms with E-state index < -0.39 is 5.97 Å². The summed E-state index contributed by atoms with van der Waals surface area (Å²) in [6.45, 7) is 0. The third kappa shape index (κ3) is 3.30. The van der Waals surface area contributed by atoms with E-state index in [2.05, 4.69) is 16.4 Å². The van der Waals surface area contributed by atoms with Crippen molar-refractivity contribution in [3.8, 4) is 6.07 Å². The molecule has 0 fully saturated rings. The molecule has 5 nitrogen and oxygen atoms in total. The average Bonchev–Trinajstić information content (AvgIpc) is 2.42. The van der Waals surface area contributed by atoms with Gasteiger partial charge in [0, 0.05) is 5.69 Å². The Morgan fingerprint density at radius 2 is 2.00 bits per heavy atom. The number of carboxylic acid groups (broad SMARTS) is 1. The van der Waals surface area contributed by atoms with Crippen LogP contribution in [0.3, 0.4) is 0 Å². The summed E-state index contributed by atoms with van der Waals surface area (Å²) in [6, 6.07) is 14.1. The van der Waals surface area contributed by atoms with Crippen LogP contribution in [0.5, 0.6) is 0 Å². The molecule has 0 spiro atoms. The van der Waals surface area contributed by atoms with Crippen LogP contribution >= 0.6 is 0 Å². The topological polar surface area (TPSA) is 86.0 Å². The summed E-state index contributed by atoms with van der Waals surface area (Å²) in [7, 11) is 0. The van der Waals surface area contributed by atoms with Crippen LogP contribution in [0.25, 0.3) is 0 Å². The van der Waals surface area contributed by atoms with Gasteiger partial charge in [-0.1, -0.05) is 18.2 Å². The summed E-state index contributed by atoms with van der Waals surface area (Å²) in [6.07, 6.45) is 0.368. The van der Waals surface area contributed by atoms with Crippen molar-refractivity contribution in [1.82, 2.24) is 4.98 Å². The maximum absolute atomic E-state index is 10.8. The zero-order valence-corrected chi connectivity index (χ0v) is 10.00. The number of pyridine rings is 1. The van der Waals surface area contributed by atoms with E-state index in [1.54, 1.807) is 12.1 Å². The van der Waals surface area contributed by atoms with E-state index in [0.717, 1.165) is 11.3 Å². The average molecular weight is 253 g/mol. The molecule has 1 aromatic heterocycles. The van der Waals surface area contributed by atoms with Gasteiger partial charge in [-0.2, -0.15) is 5.26 Å². The molecule has 0 saturated heterocycles. The Balaban J connectivity index is 2.14. The number of nitriles is 1. The summed E-state index contributed by atoms with van der Waals surface area (Å²) in [4.78, 5) is 14.8. The number of rotatable bonds is 4. The summed E-state index contributed by atoms with van der Waals surface area (Å²) < 4.78 is 0. The first kappa shape index (κ1) is 12.6. The van der Waals surface area contributed by atoms with Gasteiger partial charge in [0.05, 0.1) is 12.5 Å². The lowest BCUT2D eigenvalue weighted by atomic mass is 10.1. The number of nitrogens with one attached hydrogen (secondary N) is 1. The Bertz CT molecular complexity index is 630. The molecule has 19 heavy (non-hydrogen) atoms. The molecule has 0 aliphatic carbocycles. The molecule has 2 N–H and O–H groups in total. The lowest BCUT2D eigenvalue weighted by molar-refractivity contribution is 0.0690. The van der Waals surface area contributed by atoms with Gasteiger partial charge in [0.1, 0.15) is 5.82 Å². The van der Waals surface area contributed by atoms with E-state index >= 15 is 0 Å². The van der Waals surface area contributed by atoms with E-state index in [1.165, 1.54) is 6.07 Å². The van der Waals surface area contributed by atoms with Crippen LogP contribution in [-0.2, 0) is 6.42 Å². The third-order valence-corrected chi connectivity index (χ3v) is 2.48. The molecule has 2 rings (SSSR count). The minimum absolute atomic E-state index is 0.00824. The zero-order chi connectivity index (χ0) is 13.7. The number of hydrogen-bond donors (Lipinski definition) is 2. The van der Waals surface area contributed by atoms with Crippen LogP contribution in [0.1, 0.15) is 16.1 Å². The lowest BCUT2D eigenvalue weighted by Gasteiger charge is -2.06. The van der Waals surface area contributed by atoms with E-state index in [1.807, 2.05) is 24.3 Å². The summed E-state index contributed by atoms with van der Waals surface area (Å²) in [5.74, 6) is -0.596. The van der Waals surface area contributed by atoms with Crippen LogP contribution < -0.4 is 5.32 Å². The molecule has 0 saturated carbocycles. The smallest absolute Gasteiger partial charge is 0.354 e. The fourth-order valence-corrected chi connectivity index (χ4v) is 1.57.